The standard InChI is InChI=1S/C17H29NO/c1-4-6-7-8-9-10-13-18-16-12-11-15(3)14-17(16)19-5-2/h11-12,14,18H,4-10,13H2,1-3H3. The molecule has 0 unspecified atom stereocenters. The molecule has 1 aromatic rings. The average Bonchev–Trinajstić information content (AvgIpc) is 2.40. The Morgan fingerprint density at radius 2 is 1.74 bits per heavy atom. The maximum Gasteiger partial charge on any atom is 0.142 e. The molecule has 0 spiro atoms. The van der Waals surface area contributed by atoms with Crippen LogP contribution in [-0.4, -0.2) is 13.2 Å². The van der Waals surface area contributed by atoms with Gasteiger partial charge in [-0.1, -0.05) is 45.1 Å². The van der Waals surface area contributed by atoms with Crippen LogP contribution in [0.15, 0.2) is 18.2 Å². The minimum Gasteiger partial charge on any atom is -0.492 e. The SMILES string of the molecule is CCCCCCCCNc1ccc(C)cc1OCC. The zero-order valence-electron chi connectivity index (χ0n) is 12.8. The van der Waals surface area contributed by atoms with Crippen LogP contribution in [-0.2, 0) is 0 Å². The van der Waals surface area contributed by atoms with Crippen molar-refractivity contribution in [3.05, 3.63) is 23.8 Å². The van der Waals surface area contributed by atoms with E-state index in [2.05, 4.69) is 37.4 Å². The molecule has 0 atom stereocenters. The number of ether oxygens (including phenoxy) is 1. The van der Waals surface area contributed by atoms with Crippen LogP contribution in [0.25, 0.3) is 0 Å². The Morgan fingerprint density at radius 3 is 2.47 bits per heavy atom. The largest absolute Gasteiger partial charge is 0.492 e. The highest BCUT2D eigenvalue weighted by Crippen LogP contribution is 2.25. The van der Waals surface area contributed by atoms with Crippen molar-refractivity contribution in [2.24, 2.45) is 0 Å². The second-order valence-corrected chi connectivity index (χ2v) is 5.13. The predicted molar refractivity (Wildman–Crippen MR) is 84.2 cm³/mol. The summed E-state index contributed by atoms with van der Waals surface area (Å²) in [6.07, 6.45) is 8.00. The van der Waals surface area contributed by atoms with Gasteiger partial charge in [0.15, 0.2) is 0 Å². The lowest BCUT2D eigenvalue weighted by molar-refractivity contribution is 0.341. The lowest BCUT2D eigenvalue weighted by Crippen LogP contribution is -2.04. The van der Waals surface area contributed by atoms with E-state index in [4.69, 9.17) is 4.74 Å². The summed E-state index contributed by atoms with van der Waals surface area (Å²) in [6.45, 7) is 8.14. The fraction of sp³-hybridized carbons (Fsp3) is 0.647. The molecule has 108 valence electrons. The van der Waals surface area contributed by atoms with Crippen LogP contribution in [0, 0.1) is 6.92 Å². The first kappa shape index (κ1) is 15.9. The second-order valence-electron chi connectivity index (χ2n) is 5.13. The van der Waals surface area contributed by atoms with Gasteiger partial charge in [-0.2, -0.15) is 0 Å². The highest BCUT2D eigenvalue weighted by molar-refractivity contribution is 5.57. The number of anilines is 1. The van der Waals surface area contributed by atoms with Gasteiger partial charge in [-0.3, -0.25) is 0 Å². The molecule has 2 heteroatoms. The molecule has 0 saturated heterocycles. The highest BCUT2D eigenvalue weighted by Gasteiger charge is 2.02. The van der Waals surface area contributed by atoms with Crippen molar-refractivity contribution in [1.82, 2.24) is 0 Å². The maximum absolute atomic E-state index is 5.67. The zero-order chi connectivity index (χ0) is 13.9. The smallest absolute Gasteiger partial charge is 0.142 e. The fourth-order valence-electron chi connectivity index (χ4n) is 2.18. The molecule has 0 aliphatic rings. The number of benzene rings is 1. The van der Waals surface area contributed by atoms with Crippen LogP contribution < -0.4 is 10.1 Å². The van der Waals surface area contributed by atoms with E-state index < -0.39 is 0 Å². The molecule has 1 N–H and O–H groups in total. The Kier molecular flexibility index (Phi) is 8.11. The number of rotatable bonds is 10. The van der Waals surface area contributed by atoms with Crippen molar-refractivity contribution < 1.29 is 4.74 Å². The molecule has 1 rings (SSSR count). The second kappa shape index (κ2) is 9.71. The van der Waals surface area contributed by atoms with Crippen LogP contribution in [0.3, 0.4) is 0 Å². The van der Waals surface area contributed by atoms with Crippen LogP contribution in [0.5, 0.6) is 5.75 Å². The molecule has 0 radical (unpaired) electrons. The summed E-state index contributed by atoms with van der Waals surface area (Å²) in [5, 5.41) is 3.49. The van der Waals surface area contributed by atoms with Gasteiger partial charge in [0, 0.05) is 6.54 Å². The number of hydrogen-bond acceptors (Lipinski definition) is 2. The summed E-state index contributed by atoms with van der Waals surface area (Å²) in [6, 6.07) is 6.36. The molecule has 2 nitrogen and oxygen atoms in total. The van der Waals surface area contributed by atoms with Crippen molar-refractivity contribution in [2.75, 3.05) is 18.5 Å². The predicted octanol–water partition coefficient (Wildman–Crippen LogP) is 5.17. The summed E-state index contributed by atoms with van der Waals surface area (Å²) in [5.41, 5.74) is 2.37. The van der Waals surface area contributed by atoms with Crippen LogP contribution in [0.4, 0.5) is 5.69 Å². The fourth-order valence-corrected chi connectivity index (χ4v) is 2.18. The van der Waals surface area contributed by atoms with E-state index in [1.54, 1.807) is 0 Å². The van der Waals surface area contributed by atoms with Crippen molar-refractivity contribution >= 4 is 5.69 Å². The summed E-state index contributed by atoms with van der Waals surface area (Å²) in [4.78, 5) is 0. The maximum atomic E-state index is 5.67. The summed E-state index contributed by atoms with van der Waals surface area (Å²) >= 11 is 0. The minimum atomic E-state index is 0.717. The van der Waals surface area contributed by atoms with Gasteiger partial charge in [0.05, 0.1) is 12.3 Å². The first-order valence-electron chi connectivity index (χ1n) is 7.75. The summed E-state index contributed by atoms with van der Waals surface area (Å²) < 4.78 is 5.67. The normalized spacial score (nSPS) is 10.5. The van der Waals surface area contributed by atoms with E-state index in [9.17, 15) is 0 Å². The lowest BCUT2D eigenvalue weighted by atomic mass is 10.1. The van der Waals surface area contributed by atoms with Crippen molar-refractivity contribution in [3.63, 3.8) is 0 Å². The number of aryl methyl sites for hydroxylation is 1. The van der Waals surface area contributed by atoms with E-state index in [-0.39, 0.29) is 0 Å². The van der Waals surface area contributed by atoms with E-state index in [1.165, 1.54) is 44.1 Å². The third-order valence-electron chi connectivity index (χ3n) is 3.28. The minimum absolute atomic E-state index is 0.717. The van der Waals surface area contributed by atoms with E-state index in [0.717, 1.165) is 24.6 Å². The molecule has 0 heterocycles. The molecule has 0 aromatic heterocycles. The number of nitrogens with one attached hydrogen (secondary N) is 1. The Morgan fingerprint density at radius 1 is 1.00 bits per heavy atom. The Balaban J connectivity index is 2.28. The summed E-state index contributed by atoms with van der Waals surface area (Å²) in [7, 11) is 0. The molecule has 0 aliphatic heterocycles. The van der Waals surface area contributed by atoms with Gasteiger partial charge in [-0.15, -0.1) is 0 Å². The third-order valence-corrected chi connectivity index (χ3v) is 3.28. The Hall–Kier alpha value is -1.18. The molecular formula is C17H29NO. The monoisotopic (exact) mass is 263 g/mol. The van der Waals surface area contributed by atoms with Gasteiger partial charge in [-0.25, -0.2) is 0 Å². The van der Waals surface area contributed by atoms with Crippen LogP contribution >= 0.6 is 0 Å². The Labute approximate surface area is 118 Å². The Bertz CT molecular complexity index is 349. The van der Waals surface area contributed by atoms with E-state index in [1.807, 2.05) is 6.92 Å². The molecule has 0 saturated carbocycles. The number of unbranched alkanes of at least 4 members (excludes halogenated alkanes) is 5. The van der Waals surface area contributed by atoms with Crippen molar-refractivity contribution in [3.8, 4) is 5.75 Å². The molecule has 0 fully saturated rings. The topological polar surface area (TPSA) is 21.3 Å². The van der Waals surface area contributed by atoms with Gasteiger partial charge in [-0.05, 0) is 38.0 Å². The van der Waals surface area contributed by atoms with Gasteiger partial charge in [0.25, 0.3) is 0 Å². The molecular weight excluding hydrogens is 234 g/mol. The average molecular weight is 263 g/mol. The molecule has 19 heavy (non-hydrogen) atoms. The third kappa shape index (κ3) is 6.51. The molecule has 0 aliphatic carbocycles. The number of hydrogen-bond donors (Lipinski definition) is 1. The lowest BCUT2D eigenvalue weighted by Gasteiger charge is -2.13. The highest BCUT2D eigenvalue weighted by atomic mass is 16.5. The molecule has 1 aromatic carbocycles. The van der Waals surface area contributed by atoms with Crippen LogP contribution in [0.2, 0.25) is 0 Å². The summed E-state index contributed by atoms with van der Waals surface area (Å²) in [5.74, 6) is 0.980. The van der Waals surface area contributed by atoms with E-state index in [0.29, 0.717) is 0 Å². The van der Waals surface area contributed by atoms with Crippen molar-refractivity contribution in [2.45, 2.75) is 59.3 Å². The van der Waals surface area contributed by atoms with Gasteiger partial charge in [0.1, 0.15) is 5.75 Å². The first-order valence-corrected chi connectivity index (χ1v) is 7.75. The van der Waals surface area contributed by atoms with Gasteiger partial charge in [0.2, 0.25) is 0 Å². The zero-order valence-corrected chi connectivity index (χ0v) is 12.8. The van der Waals surface area contributed by atoms with Gasteiger partial charge < -0.3 is 10.1 Å². The van der Waals surface area contributed by atoms with Crippen LogP contribution in [0.1, 0.15) is 57.9 Å². The first-order chi connectivity index (χ1) is 9.27. The molecule has 0 bridgehead atoms. The quantitative estimate of drug-likeness (QED) is 0.588. The molecule has 0 amide bonds. The van der Waals surface area contributed by atoms with Crippen molar-refractivity contribution in [1.29, 1.82) is 0 Å². The van der Waals surface area contributed by atoms with E-state index >= 15 is 0 Å². The van der Waals surface area contributed by atoms with Gasteiger partial charge >= 0.3 is 0 Å².